The van der Waals surface area contributed by atoms with Crippen LogP contribution in [0.2, 0.25) is 0 Å². The molecule has 6 heteroatoms. The van der Waals surface area contributed by atoms with Gasteiger partial charge in [0.05, 0.1) is 13.0 Å². The van der Waals surface area contributed by atoms with E-state index >= 15 is 0 Å². The Balaban J connectivity index is 1.90. The molecule has 27 heavy (non-hydrogen) atoms. The van der Waals surface area contributed by atoms with Crippen molar-refractivity contribution in [2.45, 2.75) is 32.6 Å². The minimum absolute atomic E-state index is 0.00404. The average Bonchev–Trinajstić information content (AvgIpc) is 2.59. The van der Waals surface area contributed by atoms with Crippen LogP contribution in [-0.2, 0) is 21.4 Å². The fourth-order valence-corrected chi connectivity index (χ4v) is 2.52. The van der Waals surface area contributed by atoms with E-state index in [4.69, 9.17) is 5.11 Å². The zero-order valence-electron chi connectivity index (χ0n) is 15.7. The van der Waals surface area contributed by atoms with Crippen LogP contribution < -0.4 is 10.6 Å². The Morgan fingerprint density at radius 1 is 1.00 bits per heavy atom. The predicted molar refractivity (Wildman–Crippen MR) is 104 cm³/mol. The highest BCUT2D eigenvalue weighted by Crippen LogP contribution is 2.22. The topological polar surface area (TPSA) is 95.5 Å². The lowest BCUT2D eigenvalue weighted by molar-refractivity contribution is -0.136. The van der Waals surface area contributed by atoms with Crippen LogP contribution in [0.25, 0.3) is 0 Å². The lowest BCUT2D eigenvalue weighted by Gasteiger charge is -2.19. The molecule has 0 saturated heterocycles. The summed E-state index contributed by atoms with van der Waals surface area (Å²) in [5, 5.41) is 14.0. The van der Waals surface area contributed by atoms with Gasteiger partial charge in [-0.05, 0) is 40.8 Å². The van der Waals surface area contributed by atoms with Crippen molar-refractivity contribution < 1.29 is 19.5 Å². The Bertz CT molecular complexity index is 836. The van der Waals surface area contributed by atoms with Crippen LogP contribution >= 0.6 is 0 Å². The van der Waals surface area contributed by atoms with Crippen molar-refractivity contribution in [3.8, 4) is 0 Å². The van der Waals surface area contributed by atoms with Gasteiger partial charge in [-0.25, -0.2) is 0 Å². The van der Waals surface area contributed by atoms with E-state index in [2.05, 4.69) is 31.4 Å². The smallest absolute Gasteiger partial charge is 0.307 e. The van der Waals surface area contributed by atoms with Crippen LogP contribution in [-0.4, -0.2) is 29.4 Å². The molecule has 0 heterocycles. The third-order valence-corrected chi connectivity index (χ3v) is 3.99. The summed E-state index contributed by atoms with van der Waals surface area (Å²) in [4.78, 5) is 35.0. The van der Waals surface area contributed by atoms with Gasteiger partial charge in [0.1, 0.15) is 0 Å². The molecule has 0 atom stereocenters. The minimum atomic E-state index is -0.941. The highest BCUT2D eigenvalue weighted by atomic mass is 16.4. The van der Waals surface area contributed by atoms with E-state index in [0.29, 0.717) is 16.8 Å². The number of carbonyl (C=O) groups is 3. The maximum Gasteiger partial charge on any atom is 0.307 e. The predicted octanol–water partition coefficient (Wildman–Crippen LogP) is 2.98. The van der Waals surface area contributed by atoms with E-state index < -0.39 is 5.97 Å². The number of rotatable bonds is 6. The molecule has 142 valence electrons. The third-order valence-electron chi connectivity index (χ3n) is 3.99. The summed E-state index contributed by atoms with van der Waals surface area (Å²) in [5.74, 6) is -1.66. The minimum Gasteiger partial charge on any atom is -0.481 e. The third kappa shape index (κ3) is 6.26. The molecule has 0 fully saturated rings. The molecular weight excluding hydrogens is 344 g/mol. The summed E-state index contributed by atoms with van der Waals surface area (Å²) < 4.78 is 0. The number of carboxylic acid groups (broad SMARTS) is 1. The molecule has 2 aromatic carbocycles. The largest absolute Gasteiger partial charge is 0.481 e. The Labute approximate surface area is 158 Å². The molecule has 6 nitrogen and oxygen atoms in total. The molecule has 0 aromatic heterocycles. The number of hydrogen-bond acceptors (Lipinski definition) is 3. The molecule has 2 aromatic rings. The molecule has 0 radical (unpaired) electrons. The average molecular weight is 368 g/mol. The maximum absolute atomic E-state index is 12.2. The van der Waals surface area contributed by atoms with Crippen LogP contribution in [0.3, 0.4) is 0 Å². The van der Waals surface area contributed by atoms with Gasteiger partial charge in [0.15, 0.2) is 0 Å². The van der Waals surface area contributed by atoms with Gasteiger partial charge in [0, 0.05) is 11.3 Å². The van der Waals surface area contributed by atoms with E-state index in [1.165, 1.54) is 0 Å². The molecular formula is C21H24N2O4. The second-order valence-corrected chi connectivity index (χ2v) is 7.33. The number of nitrogens with one attached hydrogen (secondary N) is 2. The highest BCUT2D eigenvalue weighted by Gasteiger charge is 2.14. The monoisotopic (exact) mass is 368 g/mol. The fraction of sp³-hybridized carbons (Fsp3) is 0.286. The number of carboxylic acids is 1. The Morgan fingerprint density at radius 3 is 2.26 bits per heavy atom. The number of carbonyl (C=O) groups excluding carboxylic acids is 2. The normalized spacial score (nSPS) is 10.9. The van der Waals surface area contributed by atoms with Gasteiger partial charge < -0.3 is 15.7 Å². The van der Waals surface area contributed by atoms with Crippen molar-refractivity contribution in [2.75, 3.05) is 11.9 Å². The van der Waals surface area contributed by atoms with Crippen molar-refractivity contribution in [3.05, 3.63) is 65.2 Å². The maximum atomic E-state index is 12.2. The first-order valence-corrected chi connectivity index (χ1v) is 8.64. The summed E-state index contributed by atoms with van der Waals surface area (Å²) in [7, 11) is 0. The summed E-state index contributed by atoms with van der Waals surface area (Å²) in [6.07, 6.45) is -0.120. The van der Waals surface area contributed by atoms with Gasteiger partial charge in [-0.2, -0.15) is 0 Å². The molecule has 0 unspecified atom stereocenters. The summed E-state index contributed by atoms with van der Waals surface area (Å²) in [6, 6.07) is 13.9. The van der Waals surface area contributed by atoms with Gasteiger partial charge in [0.25, 0.3) is 5.91 Å². The molecule has 0 spiro atoms. The Morgan fingerprint density at radius 2 is 1.67 bits per heavy atom. The number of hydrogen-bond donors (Lipinski definition) is 3. The quantitative estimate of drug-likeness (QED) is 0.730. The zero-order chi connectivity index (χ0) is 20.0. The van der Waals surface area contributed by atoms with Gasteiger partial charge in [-0.1, -0.05) is 45.0 Å². The van der Waals surface area contributed by atoms with E-state index in [9.17, 15) is 14.4 Å². The summed E-state index contributed by atoms with van der Waals surface area (Å²) >= 11 is 0. The molecule has 0 bridgehead atoms. The van der Waals surface area contributed by atoms with Crippen molar-refractivity contribution >= 4 is 23.5 Å². The van der Waals surface area contributed by atoms with Crippen LogP contribution in [0.15, 0.2) is 48.5 Å². The van der Waals surface area contributed by atoms with Crippen molar-refractivity contribution in [2.24, 2.45) is 0 Å². The lowest BCUT2D eigenvalue weighted by atomic mass is 9.87. The standard InChI is InChI=1S/C21H24N2O4/c1-21(2,3)16-9-7-15(8-10-16)20(27)22-13-18(24)23-17-6-4-5-14(11-17)12-19(25)26/h4-11H,12-13H2,1-3H3,(H,22,27)(H,23,24)(H,25,26). The zero-order valence-corrected chi connectivity index (χ0v) is 15.7. The molecule has 2 rings (SSSR count). The van der Waals surface area contributed by atoms with E-state index in [0.717, 1.165) is 5.56 Å². The SMILES string of the molecule is CC(C)(C)c1ccc(C(=O)NCC(=O)Nc2cccc(CC(=O)O)c2)cc1. The highest BCUT2D eigenvalue weighted by molar-refractivity contribution is 5.99. The Hall–Kier alpha value is -3.15. The second kappa shape index (κ2) is 8.49. The number of amides is 2. The second-order valence-electron chi connectivity index (χ2n) is 7.33. The van der Waals surface area contributed by atoms with Crippen LogP contribution in [0, 0.1) is 0 Å². The van der Waals surface area contributed by atoms with Crippen LogP contribution in [0.5, 0.6) is 0 Å². The van der Waals surface area contributed by atoms with E-state index in [1.807, 2.05) is 12.1 Å². The first kappa shape index (κ1) is 20.2. The van der Waals surface area contributed by atoms with E-state index in [1.54, 1.807) is 36.4 Å². The van der Waals surface area contributed by atoms with Crippen LogP contribution in [0.1, 0.15) is 42.3 Å². The molecule has 2 amide bonds. The molecule has 3 N–H and O–H groups in total. The molecule has 0 saturated carbocycles. The Kier molecular flexibility index (Phi) is 6.34. The number of aliphatic carboxylic acids is 1. The van der Waals surface area contributed by atoms with Gasteiger partial charge in [0.2, 0.25) is 5.91 Å². The molecule has 0 aliphatic rings. The first-order chi connectivity index (χ1) is 12.6. The van der Waals surface area contributed by atoms with Crippen molar-refractivity contribution in [3.63, 3.8) is 0 Å². The van der Waals surface area contributed by atoms with Crippen molar-refractivity contribution in [1.82, 2.24) is 5.32 Å². The lowest BCUT2D eigenvalue weighted by Crippen LogP contribution is -2.32. The first-order valence-electron chi connectivity index (χ1n) is 8.64. The van der Waals surface area contributed by atoms with Crippen LogP contribution in [0.4, 0.5) is 5.69 Å². The number of anilines is 1. The summed E-state index contributed by atoms with van der Waals surface area (Å²) in [5.41, 5.74) is 2.69. The van der Waals surface area contributed by atoms with Gasteiger partial charge in [-0.15, -0.1) is 0 Å². The summed E-state index contributed by atoms with van der Waals surface area (Å²) in [6.45, 7) is 6.11. The van der Waals surface area contributed by atoms with Gasteiger partial charge in [-0.3, -0.25) is 14.4 Å². The number of benzene rings is 2. The van der Waals surface area contributed by atoms with Crippen molar-refractivity contribution in [1.29, 1.82) is 0 Å². The van der Waals surface area contributed by atoms with E-state index in [-0.39, 0.29) is 30.2 Å². The molecule has 0 aliphatic heterocycles. The van der Waals surface area contributed by atoms with Gasteiger partial charge >= 0.3 is 5.97 Å². The fourth-order valence-electron chi connectivity index (χ4n) is 2.52. The molecule has 0 aliphatic carbocycles.